The number of aryl methyl sites for hydroxylation is 4. The Morgan fingerprint density at radius 3 is 1.00 bits per heavy atom. The summed E-state index contributed by atoms with van der Waals surface area (Å²) >= 11 is 0. The van der Waals surface area contributed by atoms with Crippen molar-refractivity contribution in [2.45, 2.75) is 133 Å². The fraction of sp³-hybridized carbons (Fsp3) is 0.294. The molecule has 0 spiro atoms. The number of hydrogen-bond donors (Lipinski definition) is 8. The molecule has 0 radical (unpaired) electrons. The fourth-order valence-corrected chi connectivity index (χ4v) is 12.5. The average Bonchev–Trinajstić information content (AvgIpc) is 2.00. The first kappa shape index (κ1) is 58.7. The fourth-order valence-electron chi connectivity index (χ4n) is 12.5. The highest BCUT2D eigenvalue weighted by Crippen LogP contribution is 2.43. The van der Waals surface area contributed by atoms with E-state index < -0.39 is 36.1 Å². The number of carboxylic acid groups (broad SMARTS) is 4. The first-order valence-corrected chi connectivity index (χ1v) is 28.5. The lowest BCUT2D eigenvalue weighted by atomic mass is 9.98. The minimum Gasteiger partial charge on any atom is -0.481 e. The predicted octanol–water partition coefficient (Wildman–Crippen LogP) is 15.5. The minimum absolute atomic E-state index is 0.101. The Balaban J connectivity index is 1.18. The van der Waals surface area contributed by atoms with Crippen molar-refractivity contribution in [3.63, 3.8) is 0 Å². The van der Waals surface area contributed by atoms with Crippen molar-refractivity contribution in [1.29, 1.82) is 0 Å². The van der Waals surface area contributed by atoms with Gasteiger partial charge in [-0.3, -0.25) is 19.2 Å². The highest BCUT2D eigenvalue weighted by atomic mass is 16.5. The highest BCUT2D eigenvalue weighted by Gasteiger charge is 2.28. The summed E-state index contributed by atoms with van der Waals surface area (Å²) in [5, 5.41) is 39.4. The van der Waals surface area contributed by atoms with Crippen molar-refractivity contribution in [1.82, 2.24) is 39.9 Å². The van der Waals surface area contributed by atoms with Crippen molar-refractivity contribution in [3.8, 4) is 0 Å². The Kier molecular flexibility index (Phi) is 16.1. The molecule has 10 rings (SSSR count). The molecule has 2 unspecified atom stereocenters. The van der Waals surface area contributed by atoms with Crippen LogP contribution in [0, 0.1) is 27.7 Å². The number of aliphatic carboxylic acids is 4. The maximum absolute atomic E-state index is 12.1. The lowest BCUT2D eigenvalue weighted by molar-refractivity contribution is -0.137. The van der Waals surface area contributed by atoms with Crippen LogP contribution in [0.1, 0.15) is 195 Å². The molecule has 6 aromatic rings. The predicted molar refractivity (Wildman–Crippen MR) is 336 cm³/mol. The van der Waals surface area contributed by atoms with Gasteiger partial charge in [0.05, 0.1) is 57.8 Å². The Hall–Kier alpha value is -9.48. The lowest BCUT2D eigenvalue weighted by Gasteiger charge is -2.20. The average molecular weight is 1140 g/mol. The van der Waals surface area contributed by atoms with Crippen LogP contribution in [-0.4, -0.2) is 84.2 Å². The van der Waals surface area contributed by atoms with Crippen LogP contribution in [-0.2, 0) is 23.9 Å². The van der Waals surface area contributed by atoms with E-state index in [0.29, 0.717) is 45.6 Å². The van der Waals surface area contributed by atoms with E-state index in [1.54, 1.807) is 6.08 Å². The van der Waals surface area contributed by atoms with E-state index in [4.69, 9.17) is 24.7 Å². The van der Waals surface area contributed by atoms with Crippen LogP contribution in [0.2, 0.25) is 0 Å². The maximum atomic E-state index is 12.1. The Bertz CT molecular complexity index is 4420. The van der Waals surface area contributed by atoms with E-state index >= 15 is 0 Å². The number of aromatic amines is 4. The molecule has 16 bridgehead atoms. The largest absolute Gasteiger partial charge is 0.481 e. The Morgan fingerprint density at radius 2 is 0.659 bits per heavy atom. The summed E-state index contributed by atoms with van der Waals surface area (Å²) < 4.78 is 7.29. The standard InChI is InChI=1S/C68H70N8O9/c1-13-41-31(3)47-23-48-33(5)43(15-19-63(77)78)57(71-48)30-60-46(18-22-66(83)84)36(8)52(74-60)28-62-68(38(10)54(76-62)26-56(41)69-47)40(12)85-39(11)67-37(9)53-24-49-34(6)44(16-20-64(79)80)58(72-49)29-59-45(17-21-65(81)82)35(7)50(73-59)25-55-42(14-2)32(4)51(70-55)27-61(67)75-53/h13-14,23-30,39-40,69-70,75-76H,1-2,15-22H2,3-12H3,(H,77,78)(H,79,80)(H,81,82)(H,83,84). The van der Waals surface area contributed by atoms with Gasteiger partial charge in [0, 0.05) is 92.1 Å². The number of carboxylic acids is 4. The van der Waals surface area contributed by atoms with Gasteiger partial charge in [0.25, 0.3) is 0 Å². The SMILES string of the molecule is C=Cc1c(C)c2cc3[nH]c(cc4nc(cc5nc(cc1[nH]2)C(C)=C5CCC(=O)O)C(CCC(=O)O)=C4C)c(C)c3C(C)OC(C)c1c(C)c2cc3[nH]c(cc4nc(cc5nc(cc1[nH]2)C(C)=C5CCC(=O)O)C(CCC(=O)O)=C4C)c(C)c3C=C. The maximum Gasteiger partial charge on any atom is 0.303 e. The number of fused-ring (bicyclic) bond motifs is 16. The number of rotatable bonds is 18. The summed E-state index contributed by atoms with van der Waals surface area (Å²) in [6.07, 6.45) is 2.99. The molecule has 436 valence electrons. The topological polar surface area (TPSA) is 273 Å². The van der Waals surface area contributed by atoms with Crippen molar-refractivity contribution in [2.75, 3.05) is 0 Å². The van der Waals surface area contributed by atoms with E-state index in [9.17, 15) is 39.6 Å². The summed E-state index contributed by atoms with van der Waals surface area (Å²) in [5.74, 6) is -3.75. The molecule has 0 amide bonds. The van der Waals surface area contributed by atoms with E-state index in [0.717, 1.165) is 133 Å². The van der Waals surface area contributed by atoms with E-state index in [2.05, 4.69) is 52.2 Å². The second-order valence-corrected chi connectivity index (χ2v) is 22.5. The van der Waals surface area contributed by atoms with Gasteiger partial charge in [-0.05, 0) is 210 Å². The normalized spacial score (nSPS) is 14.1. The molecule has 0 saturated carbocycles. The molecule has 17 heteroatoms. The van der Waals surface area contributed by atoms with Crippen molar-refractivity contribution in [3.05, 3.63) is 152 Å². The molecule has 0 aliphatic carbocycles. The number of carbonyl (C=O) groups is 4. The second-order valence-electron chi connectivity index (χ2n) is 22.5. The molecule has 2 atom stereocenters. The van der Waals surface area contributed by atoms with Gasteiger partial charge in [0.2, 0.25) is 0 Å². The van der Waals surface area contributed by atoms with E-state index in [1.165, 1.54) is 0 Å². The van der Waals surface area contributed by atoms with Crippen LogP contribution in [0.25, 0.3) is 101 Å². The minimum atomic E-state index is -0.946. The van der Waals surface area contributed by atoms with Gasteiger partial charge in [0.15, 0.2) is 0 Å². The number of nitrogens with one attached hydrogen (secondary N) is 4. The van der Waals surface area contributed by atoms with Crippen LogP contribution >= 0.6 is 0 Å². The number of aromatic nitrogens is 8. The number of allylic oxidation sites excluding steroid dienone is 8. The van der Waals surface area contributed by atoms with Gasteiger partial charge in [-0.2, -0.15) is 0 Å². The van der Waals surface area contributed by atoms with Gasteiger partial charge in [-0.25, -0.2) is 19.9 Å². The molecule has 4 aliphatic heterocycles. The first-order chi connectivity index (χ1) is 40.4. The van der Waals surface area contributed by atoms with E-state index in [1.807, 2.05) is 105 Å². The number of H-pyrrole nitrogens is 4. The monoisotopic (exact) mass is 1140 g/mol. The van der Waals surface area contributed by atoms with Crippen LogP contribution in [0.4, 0.5) is 0 Å². The van der Waals surface area contributed by atoms with Gasteiger partial charge >= 0.3 is 23.9 Å². The third-order valence-electron chi connectivity index (χ3n) is 17.3. The summed E-state index contributed by atoms with van der Waals surface area (Å²) in [6, 6.07) is 15.7. The molecule has 0 fully saturated rings. The van der Waals surface area contributed by atoms with Crippen LogP contribution < -0.4 is 0 Å². The first-order valence-electron chi connectivity index (χ1n) is 28.5. The summed E-state index contributed by atoms with van der Waals surface area (Å²) in [5.41, 5.74) is 24.8. The zero-order valence-corrected chi connectivity index (χ0v) is 49.6. The molecule has 0 saturated heterocycles. The number of hydrogen-bond acceptors (Lipinski definition) is 9. The number of nitrogens with zero attached hydrogens (tertiary/aromatic N) is 4. The quantitative estimate of drug-likeness (QED) is 0.0398. The van der Waals surface area contributed by atoms with Crippen molar-refractivity contribution >= 4 is 125 Å². The Labute approximate surface area is 491 Å². The summed E-state index contributed by atoms with van der Waals surface area (Å²) in [4.78, 5) is 83.4. The molecule has 6 aromatic heterocycles. The highest BCUT2D eigenvalue weighted by molar-refractivity contribution is 5.99. The van der Waals surface area contributed by atoms with Gasteiger partial charge in [0.1, 0.15) is 0 Å². The summed E-state index contributed by atoms with van der Waals surface area (Å²) in [7, 11) is 0. The molecule has 85 heavy (non-hydrogen) atoms. The lowest BCUT2D eigenvalue weighted by Crippen LogP contribution is -2.06. The van der Waals surface area contributed by atoms with Gasteiger partial charge in [-0.15, -0.1) is 0 Å². The zero-order chi connectivity index (χ0) is 61.0. The van der Waals surface area contributed by atoms with Crippen LogP contribution in [0.5, 0.6) is 0 Å². The molecule has 8 N–H and O–H groups in total. The molecular weight excluding hydrogens is 1070 g/mol. The van der Waals surface area contributed by atoms with E-state index in [-0.39, 0.29) is 51.4 Å². The van der Waals surface area contributed by atoms with Crippen molar-refractivity contribution in [2.24, 2.45) is 0 Å². The Morgan fingerprint density at radius 1 is 0.400 bits per heavy atom. The van der Waals surface area contributed by atoms with Gasteiger partial charge in [-0.1, -0.05) is 25.3 Å². The third-order valence-corrected chi connectivity index (χ3v) is 17.3. The van der Waals surface area contributed by atoms with Crippen molar-refractivity contribution < 1.29 is 44.3 Å². The molecule has 0 aromatic carbocycles. The molecular formula is C68H70N8O9. The third kappa shape index (κ3) is 11.3. The zero-order valence-electron chi connectivity index (χ0n) is 49.6. The molecule has 10 heterocycles. The second kappa shape index (κ2) is 23.3. The smallest absolute Gasteiger partial charge is 0.303 e. The molecule has 17 nitrogen and oxygen atoms in total. The van der Waals surface area contributed by atoms with Gasteiger partial charge < -0.3 is 45.1 Å². The van der Waals surface area contributed by atoms with Crippen LogP contribution in [0.3, 0.4) is 0 Å². The molecule has 4 aliphatic rings. The number of ether oxygens (including phenoxy) is 1. The summed E-state index contributed by atoms with van der Waals surface area (Å²) in [6.45, 7) is 28.4. The van der Waals surface area contributed by atoms with Crippen LogP contribution in [0.15, 0.2) is 61.7 Å².